The Morgan fingerprint density at radius 1 is 0.471 bits per heavy atom. The highest BCUT2D eigenvalue weighted by atomic mass is 32.2. The van der Waals surface area contributed by atoms with Crippen LogP contribution in [0.25, 0.3) is 71.2 Å². The van der Waals surface area contributed by atoms with E-state index in [4.69, 9.17) is 21.3 Å². The summed E-state index contributed by atoms with van der Waals surface area (Å²) in [6.07, 6.45) is 3.93. The van der Waals surface area contributed by atoms with E-state index in [-0.39, 0.29) is 0 Å². The van der Waals surface area contributed by atoms with E-state index < -0.39 is 5.41 Å². The van der Waals surface area contributed by atoms with Crippen LogP contribution < -0.4 is 9.64 Å². The summed E-state index contributed by atoms with van der Waals surface area (Å²) < 4.78 is 11.3. The van der Waals surface area contributed by atoms with Gasteiger partial charge in [-0.2, -0.15) is 0 Å². The molecule has 1 spiro atoms. The molecule has 15 rings (SSSR count). The lowest BCUT2D eigenvalue weighted by atomic mass is 9.67. The monoisotopic (exact) mass is 886 g/mol. The van der Waals surface area contributed by atoms with Crippen molar-refractivity contribution in [3.05, 3.63) is 240 Å². The fourth-order valence-corrected chi connectivity index (χ4v) is 12.8. The summed E-state index contributed by atoms with van der Waals surface area (Å²) in [5.74, 6) is 1.59. The van der Waals surface area contributed by atoms with Crippen molar-refractivity contribution in [2.45, 2.75) is 15.2 Å². The second kappa shape index (κ2) is 13.8. The van der Waals surface area contributed by atoms with E-state index >= 15 is 0 Å². The molecule has 0 saturated heterocycles. The molecule has 0 N–H and O–H groups in total. The minimum Gasteiger partial charge on any atom is -0.453 e. The summed E-state index contributed by atoms with van der Waals surface area (Å²) in [7, 11) is 0. The molecule has 316 valence electrons. The van der Waals surface area contributed by atoms with Crippen LogP contribution in [-0.4, -0.2) is 19.1 Å². The van der Waals surface area contributed by atoms with Gasteiger partial charge in [0.25, 0.3) is 0 Å². The number of hydrogen-bond donors (Lipinski definition) is 0. The minimum absolute atomic E-state index is 0.627. The van der Waals surface area contributed by atoms with Crippen LogP contribution in [0.2, 0.25) is 0 Å². The van der Waals surface area contributed by atoms with Crippen molar-refractivity contribution in [2.75, 3.05) is 4.90 Å². The Labute approximate surface area is 394 Å². The van der Waals surface area contributed by atoms with E-state index in [1.807, 2.05) is 48.4 Å². The zero-order valence-electron chi connectivity index (χ0n) is 36.1. The molecule has 7 nitrogen and oxygen atoms in total. The third-order valence-corrected chi connectivity index (χ3v) is 15.4. The highest BCUT2D eigenvalue weighted by Crippen LogP contribution is 2.65. The number of hydrogen-bond acceptors (Lipinski definition) is 5. The molecule has 8 aromatic carbocycles. The summed E-state index contributed by atoms with van der Waals surface area (Å²) >= 11 is 1.81. The fraction of sp³-hybridized carbons (Fsp3) is 0.0167. The molecular formula is C60H34N6OS. The van der Waals surface area contributed by atoms with Crippen LogP contribution in [0, 0.1) is 6.57 Å². The molecule has 1 unspecified atom stereocenters. The van der Waals surface area contributed by atoms with Crippen molar-refractivity contribution in [3.63, 3.8) is 0 Å². The van der Waals surface area contributed by atoms with Crippen molar-refractivity contribution < 1.29 is 4.74 Å². The first-order chi connectivity index (χ1) is 33.7. The lowest BCUT2D eigenvalue weighted by molar-refractivity contribution is 0.476. The van der Waals surface area contributed by atoms with Crippen LogP contribution in [0.1, 0.15) is 22.3 Å². The second-order valence-electron chi connectivity index (χ2n) is 17.6. The summed E-state index contributed by atoms with van der Waals surface area (Å²) in [5, 5.41) is 4.57. The Kier molecular flexibility index (Phi) is 7.58. The first-order valence-corrected chi connectivity index (χ1v) is 23.5. The summed E-state index contributed by atoms with van der Waals surface area (Å²) in [6.45, 7) is 7.82. The van der Waals surface area contributed by atoms with Gasteiger partial charge in [-0.25, -0.2) is 4.85 Å². The molecule has 6 heterocycles. The van der Waals surface area contributed by atoms with E-state index in [1.54, 1.807) is 0 Å². The Hall–Kier alpha value is -8.90. The largest absolute Gasteiger partial charge is 0.453 e. The van der Waals surface area contributed by atoms with Gasteiger partial charge in [0, 0.05) is 49.0 Å². The lowest BCUT2D eigenvalue weighted by Gasteiger charge is -2.43. The molecule has 1 aliphatic carbocycles. The molecular weight excluding hydrogens is 853 g/mol. The molecule has 0 fully saturated rings. The van der Waals surface area contributed by atoms with Gasteiger partial charge in [0.2, 0.25) is 0 Å². The Morgan fingerprint density at radius 2 is 1.09 bits per heavy atom. The van der Waals surface area contributed by atoms with Crippen LogP contribution >= 0.6 is 11.8 Å². The standard InChI is InChI=1S/C60H34N6OS/c1-61-36-27-30-49-42(32-36)41-16-4-7-20-48(41)64(49)37-28-29-43-56(34-37)68-55-26-12-23-52(66-50-21-8-10-24-53(50)67-54-25-11-9-22-51(54)66)57(55)60(43)44-17-13-31-62-58(44)59-45(60)33-38(35-63-59)65-46-18-5-2-14-39(46)40-15-3-6-19-47(40)65/h2-35H. The molecule has 12 aromatic rings. The first-order valence-electron chi connectivity index (χ1n) is 22.7. The predicted octanol–water partition coefficient (Wildman–Crippen LogP) is 15.6. The van der Waals surface area contributed by atoms with Crippen LogP contribution in [0.3, 0.4) is 0 Å². The van der Waals surface area contributed by atoms with Crippen molar-refractivity contribution in [2.24, 2.45) is 0 Å². The highest BCUT2D eigenvalue weighted by molar-refractivity contribution is 7.99. The Balaban J connectivity index is 1.06. The minimum atomic E-state index is -0.876. The Morgan fingerprint density at radius 3 is 1.81 bits per heavy atom. The molecule has 0 amide bonds. The number of ether oxygens (including phenoxy) is 1. The third-order valence-electron chi connectivity index (χ3n) is 14.2. The maximum absolute atomic E-state index is 7.82. The molecule has 0 saturated carbocycles. The van der Waals surface area contributed by atoms with Crippen molar-refractivity contribution in [1.29, 1.82) is 0 Å². The van der Waals surface area contributed by atoms with E-state index in [0.717, 1.165) is 116 Å². The fourth-order valence-electron chi connectivity index (χ4n) is 11.6. The maximum atomic E-state index is 7.82. The van der Waals surface area contributed by atoms with Gasteiger partial charge in [-0.3, -0.25) is 9.97 Å². The quantitative estimate of drug-likeness (QED) is 0.165. The molecule has 8 heteroatoms. The molecule has 1 atom stereocenters. The molecule has 68 heavy (non-hydrogen) atoms. The second-order valence-corrected chi connectivity index (χ2v) is 18.7. The molecule has 4 aromatic heterocycles. The highest BCUT2D eigenvalue weighted by Gasteiger charge is 2.54. The molecule has 2 aliphatic heterocycles. The predicted molar refractivity (Wildman–Crippen MR) is 273 cm³/mol. The average Bonchev–Trinajstić information content (AvgIpc) is 4.01. The van der Waals surface area contributed by atoms with Gasteiger partial charge in [0.1, 0.15) is 0 Å². The number of benzene rings is 8. The summed E-state index contributed by atoms with van der Waals surface area (Å²) in [6, 6.07) is 69.0. The van der Waals surface area contributed by atoms with Crippen LogP contribution in [0.4, 0.5) is 22.7 Å². The van der Waals surface area contributed by atoms with E-state index in [9.17, 15) is 0 Å². The lowest BCUT2D eigenvalue weighted by Crippen LogP contribution is -2.34. The van der Waals surface area contributed by atoms with Crippen molar-refractivity contribution in [3.8, 4) is 34.3 Å². The van der Waals surface area contributed by atoms with Crippen LogP contribution in [0.15, 0.2) is 216 Å². The third kappa shape index (κ3) is 4.87. The van der Waals surface area contributed by atoms with E-state index in [1.165, 1.54) is 10.8 Å². The topological polar surface area (TPSA) is 52.5 Å². The van der Waals surface area contributed by atoms with Gasteiger partial charge < -0.3 is 18.8 Å². The van der Waals surface area contributed by atoms with Crippen LogP contribution in [-0.2, 0) is 5.41 Å². The number of pyridine rings is 2. The zero-order chi connectivity index (χ0) is 44.7. The number of aromatic nitrogens is 4. The smallest absolute Gasteiger partial charge is 0.188 e. The van der Waals surface area contributed by atoms with Gasteiger partial charge in [0.15, 0.2) is 17.2 Å². The maximum Gasteiger partial charge on any atom is 0.188 e. The first kappa shape index (κ1) is 37.3. The normalized spacial score (nSPS) is 15.1. The summed E-state index contributed by atoms with van der Waals surface area (Å²) in [5.41, 5.74) is 15.4. The van der Waals surface area contributed by atoms with Crippen LogP contribution in [0.5, 0.6) is 11.5 Å². The average molecular weight is 887 g/mol. The zero-order valence-corrected chi connectivity index (χ0v) is 36.9. The molecule has 0 bridgehead atoms. The van der Waals surface area contributed by atoms with Crippen molar-refractivity contribution >= 4 is 78.1 Å². The number of para-hydroxylation sites is 7. The van der Waals surface area contributed by atoms with Gasteiger partial charge in [-0.05, 0) is 108 Å². The van der Waals surface area contributed by atoms with Gasteiger partial charge >= 0.3 is 0 Å². The summed E-state index contributed by atoms with van der Waals surface area (Å²) in [4.78, 5) is 19.2. The molecule has 0 radical (unpaired) electrons. The van der Waals surface area contributed by atoms with Gasteiger partial charge in [-0.15, -0.1) is 0 Å². The number of fused-ring (bicyclic) bond motifs is 17. The van der Waals surface area contributed by atoms with Crippen molar-refractivity contribution in [1.82, 2.24) is 19.1 Å². The van der Waals surface area contributed by atoms with Gasteiger partial charge in [-0.1, -0.05) is 115 Å². The number of anilines is 3. The number of rotatable bonds is 3. The van der Waals surface area contributed by atoms with Gasteiger partial charge in [0.05, 0.1) is 74.4 Å². The SMILES string of the molecule is [C-]#[N+]c1ccc2c(c1)c1ccccc1n2-c1ccc2c(c1)Sc1cccc(N3c4ccccc4Oc4ccccc43)c1C21c2cccnc2-c2ncc(-n3c4ccccc4c4ccccc43)cc21. The van der Waals surface area contributed by atoms with E-state index in [2.05, 4.69) is 189 Å². The van der Waals surface area contributed by atoms with E-state index in [0.29, 0.717) is 5.69 Å². The molecule has 3 aliphatic rings. The number of nitrogens with zero attached hydrogens (tertiary/aromatic N) is 6. The Bertz CT molecular complexity index is 4120.